The van der Waals surface area contributed by atoms with E-state index in [2.05, 4.69) is 15.2 Å². The Labute approximate surface area is 333 Å². The van der Waals surface area contributed by atoms with Crippen LogP contribution in [-0.2, 0) is 27.3 Å². The Morgan fingerprint density at radius 1 is 0.983 bits per heavy atom. The minimum Gasteiger partial charge on any atom is -0.506 e. The lowest BCUT2D eigenvalue weighted by atomic mass is 9.89. The first-order valence-corrected chi connectivity index (χ1v) is 19.1. The third-order valence-corrected chi connectivity index (χ3v) is 11.0. The van der Waals surface area contributed by atoms with Gasteiger partial charge in [-0.05, 0) is 79.1 Å². The lowest BCUT2D eigenvalue weighted by molar-refractivity contribution is -0.193. The second kappa shape index (κ2) is 19.4. The molecule has 4 heterocycles. The molecule has 0 radical (unpaired) electrons. The quantitative estimate of drug-likeness (QED) is 0.0927. The summed E-state index contributed by atoms with van der Waals surface area (Å²) < 4.78 is 84.9. The zero-order chi connectivity index (χ0) is 43.0. The minimum atomic E-state index is -5.08. The lowest BCUT2D eigenvalue weighted by Gasteiger charge is -2.47. The number of ether oxygens (including phenoxy) is 1. The minimum absolute atomic E-state index is 0.0291. The third kappa shape index (κ3) is 12.9. The van der Waals surface area contributed by atoms with Crippen molar-refractivity contribution in [2.45, 2.75) is 56.8 Å². The molecule has 2 aliphatic rings. The van der Waals surface area contributed by atoms with Gasteiger partial charge in [-0.25, -0.2) is 14.0 Å². The van der Waals surface area contributed by atoms with Crippen molar-refractivity contribution in [1.82, 2.24) is 20.1 Å². The van der Waals surface area contributed by atoms with Gasteiger partial charge in [-0.3, -0.25) is 14.5 Å². The summed E-state index contributed by atoms with van der Waals surface area (Å²) in [4.78, 5) is 50.0. The highest BCUT2D eigenvalue weighted by atomic mass is 32.1. The number of amides is 1. The highest BCUT2D eigenvalue weighted by Gasteiger charge is 2.42. The second-order valence-corrected chi connectivity index (χ2v) is 15.4. The number of likely N-dealkylation sites (tertiary alicyclic amines) is 1. The van der Waals surface area contributed by atoms with Gasteiger partial charge in [0.05, 0.1) is 34.4 Å². The lowest BCUT2D eigenvalue weighted by Crippen LogP contribution is -2.57. The molecule has 22 heteroatoms. The number of carbonyl (C=O) groups is 3. The number of aryl methyl sites for hydroxylation is 1. The number of piperidine rings is 1. The molecule has 0 bridgehead atoms. The number of hydrogen-bond donors (Lipinski definition) is 6. The molecule has 0 aliphatic carbocycles. The van der Waals surface area contributed by atoms with Crippen molar-refractivity contribution in [3.8, 4) is 5.75 Å². The highest BCUT2D eigenvalue weighted by molar-refractivity contribution is 7.16. The van der Waals surface area contributed by atoms with Crippen LogP contribution in [0, 0.1) is 12.7 Å². The fourth-order valence-electron chi connectivity index (χ4n) is 6.23. The van der Waals surface area contributed by atoms with Gasteiger partial charge in [-0.1, -0.05) is 23.5 Å². The molecule has 13 nitrogen and oxygen atoms in total. The number of morpholine rings is 1. The van der Waals surface area contributed by atoms with E-state index < -0.39 is 30.4 Å². The number of phenolic OH excluding ortho intramolecular Hbond substituents is 1. The van der Waals surface area contributed by atoms with E-state index in [0.29, 0.717) is 55.0 Å². The van der Waals surface area contributed by atoms with Crippen LogP contribution in [0.3, 0.4) is 0 Å². The molecular weight excluding hydrogens is 830 g/mol. The number of aromatic nitrogens is 1. The molecule has 2 aromatic carbocycles. The predicted octanol–water partition coefficient (Wildman–Crippen LogP) is 5.44. The number of aliphatic hydroxyl groups is 1. The van der Waals surface area contributed by atoms with E-state index in [1.54, 1.807) is 18.2 Å². The molecule has 4 aromatic rings. The number of rotatable bonds is 9. The van der Waals surface area contributed by atoms with Gasteiger partial charge in [0, 0.05) is 38.3 Å². The molecule has 1 atom stereocenters. The largest absolute Gasteiger partial charge is 0.506 e. The third-order valence-electron chi connectivity index (χ3n) is 9.03. The number of H-pyrrole nitrogens is 1. The monoisotopic (exact) mass is 868 g/mol. The normalized spacial score (nSPS) is 16.3. The number of phenols is 1. The van der Waals surface area contributed by atoms with Crippen molar-refractivity contribution in [3.05, 3.63) is 84.4 Å². The first-order valence-electron chi connectivity index (χ1n) is 17.4. The molecule has 6 rings (SSSR count). The number of aliphatic carboxylic acids is 2. The number of alkyl halides is 6. The summed E-state index contributed by atoms with van der Waals surface area (Å²) in [7, 11) is 0. The summed E-state index contributed by atoms with van der Waals surface area (Å²) in [6.45, 7) is 6.81. The molecule has 318 valence electrons. The summed E-state index contributed by atoms with van der Waals surface area (Å²) >= 11 is 2.45. The summed E-state index contributed by atoms with van der Waals surface area (Å²) in [6, 6.07) is 10.2. The number of nitrogens with one attached hydrogen (secondary N) is 2. The van der Waals surface area contributed by atoms with Gasteiger partial charge in [-0.2, -0.15) is 26.3 Å². The van der Waals surface area contributed by atoms with E-state index >= 15 is 0 Å². The predicted molar refractivity (Wildman–Crippen MR) is 198 cm³/mol. The summed E-state index contributed by atoms with van der Waals surface area (Å²) in [5.74, 6) is -5.73. The Hall–Kier alpha value is -4.61. The average molecular weight is 869 g/mol. The topological polar surface area (TPSA) is 193 Å². The number of thiophene rings is 1. The van der Waals surface area contributed by atoms with Gasteiger partial charge >= 0.3 is 29.2 Å². The fourth-order valence-corrected chi connectivity index (χ4v) is 8.02. The average Bonchev–Trinajstić information content (AvgIpc) is 3.76. The van der Waals surface area contributed by atoms with Crippen molar-refractivity contribution >= 4 is 50.7 Å². The smallest absolute Gasteiger partial charge is 0.490 e. The van der Waals surface area contributed by atoms with Crippen molar-refractivity contribution in [1.29, 1.82) is 0 Å². The van der Waals surface area contributed by atoms with E-state index in [9.17, 15) is 50.5 Å². The zero-order valence-electron chi connectivity index (χ0n) is 30.6. The van der Waals surface area contributed by atoms with Crippen LogP contribution < -0.4 is 10.2 Å². The maximum absolute atomic E-state index is 14.6. The number of aromatic hydroxyl groups is 1. The van der Waals surface area contributed by atoms with Crippen LogP contribution in [0.25, 0.3) is 10.2 Å². The standard InChI is InChI=1S/C32H37FN4O5S2.2C2HF3O2/c1-20-12-27(43-18-20)30(40)37-10-11-42-32(19-37)5-8-36(9-6-32)17-22-13-21(14-23(33)15-22)4-7-34-16-26(39)24-2-3-25(38)28-29(24)44-31(41)35-28;2*3-2(4,5)1(6)7/h2-3,12-15,18,26,34,38-39H,4-11,16-17,19H2,1H3,(H,35,41);2*(H,6,7)/t26-;;/m0../s1. The van der Waals surface area contributed by atoms with Crippen LogP contribution in [0.5, 0.6) is 5.75 Å². The van der Waals surface area contributed by atoms with Crippen molar-refractivity contribution in [2.75, 3.05) is 45.9 Å². The Balaban J connectivity index is 0.000000456. The molecule has 58 heavy (non-hydrogen) atoms. The summed E-state index contributed by atoms with van der Waals surface area (Å²) in [5, 5.41) is 40.2. The molecule has 2 aliphatic heterocycles. The number of hydrogen-bond acceptors (Lipinski definition) is 11. The van der Waals surface area contributed by atoms with Crippen LogP contribution in [0.2, 0.25) is 0 Å². The van der Waals surface area contributed by atoms with E-state index in [4.69, 9.17) is 24.5 Å². The second-order valence-electron chi connectivity index (χ2n) is 13.5. The number of benzene rings is 2. The van der Waals surface area contributed by atoms with E-state index in [1.807, 2.05) is 29.3 Å². The first kappa shape index (κ1) is 46.1. The van der Waals surface area contributed by atoms with Gasteiger partial charge in [0.15, 0.2) is 0 Å². The van der Waals surface area contributed by atoms with Gasteiger partial charge < -0.3 is 40.4 Å². The van der Waals surface area contributed by atoms with E-state index in [1.165, 1.54) is 17.4 Å². The molecule has 2 aromatic heterocycles. The number of fused-ring (bicyclic) bond motifs is 1. The van der Waals surface area contributed by atoms with E-state index in [-0.39, 0.29) is 34.5 Å². The number of carboxylic acid groups (broad SMARTS) is 2. The molecule has 6 N–H and O–H groups in total. The molecule has 2 fully saturated rings. The molecular formula is C36H39F7N4O9S2. The molecule has 0 unspecified atom stereocenters. The molecule has 0 saturated carbocycles. The number of halogens is 7. The Morgan fingerprint density at radius 2 is 1.60 bits per heavy atom. The Bertz CT molecular complexity index is 2090. The number of thiazole rings is 1. The number of aromatic amines is 1. The molecule has 2 saturated heterocycles. The van der Waals surface area contributed by atoms with Crippen LogP contribution in [0.15, 0.2) is 46.6 Å². The zero-order valence-corrected chi connectivity index (χ0v) is 32.2. The number of nitrogens with zero attached hydrogens (tertiary/aromatic N) is 2. The van der Waals surface area contributed by atoms with Gasteiger partial charge in [-0.15, -0.1) is 11.3 Å². The Kier molecular flexibility index (Phi) is 15.4. The van der Waals surface area contributed by atoms with Gasteiger partial charge in [0.1, 0.15) is 17.1 Å². The summed E-state index contributed by atoms with van der Waals surface area (Å²) in [6.07, 6.45) is -8.80. The van der Waals surface area contributed by atoms with Crippen molar-refractivity contribution in [2.24, 2.45) is 0 Å². The number of aliphatic hydroxyl groups excluding tert-OH is 1. The van der Waals surface area contributed by atoms with Gasteiger partial charge in [0.25, 0.3) is 5.91 Å². The van der Waals surface area contributed by atoms with Crippen LogP contribution in [-0.4, -0.2) is 117 Å². The first-order chi connectivity index (χ1) is 27.1. The van der Waals surface area contributed by atoms with Crippen molar-refractivity contribution < 1.29 is 70.3 Å². The van der Waals surface area contributed by atoms with Crippen LogP contribution >= 0.6 is 22.7 Å². The fraction of sp³-hybridized carbons (Fsp3) is 0.444. The van der Waals surface area contributed by atoms with Crippen LogP contribution in [0.1, 0.15) is 50.9 Å². The van der Waals surface area contributed by atoms with Crippen molar-refractivity contribution in [3.63, 3.8) is 0 Å². The Morgan fingerprint density at radius 3 is 2.19 bits per heavy atom. The number of carboxylic acids is 2. The molecule has 1 amide bonds. The molecule has 1 spiro atoms. The highest BCUT2D eigenvalue weighted by Crippen LogP contribution is 2.33. The van der Waals surface area contributed by atoms with Gasteiger partial charge in [0.2, 0.25) is 0 Å². The maximum atomic E-state index is 14.6. The van der Waals surface area contributed by atoms with Crippen LogP contribution in [0.4, 0.5) is 30.7 Å². The summed E-state index contributed by atoms with van der Waals surface area (Å²) in [5.41, 5.74) is 3.47. The SMILES string of the molecule is Cc1csc(C(=O)N2CCOC3(CCN(Cc4cc(F)cc(CCNC[C@H](O)c5ccc(O)c6[nH]c(=O)sc56)c4)CC3)C2)c1.O=C(O)C(F)(F)F.O=C(O)C(F)(F)F. The van der Waals surface area contributed by atoms with E-state index in [0.717, 1.165) is 58.8 Å². The maximum Gasteiger partial charge on any atom is 0.490 e. The number of carbonyl (C=O) groups excluding carboxylic acids is 1.